The van der Waals surface area contributed by atoms with Crippen molar-refractivity contribution < 1.29 is 24.0 Å². The van der Waals surface area contributed by atoms with Gasteiger partial charge in [-0.05, 0) is 18.8 Å². The number of hydrogen-bond donors (Lipinski definition) is 1. The molecule has 0 aliphatic carbocycles. The summed E-state index contributed by atoms with van der Waals surface area (Å²) in [5.74, 6) is 0.0293. The average Bonchev–Trinajstić information content (AvgIpc) is 2.36. The van der Waals surface area contributed by atoms with E-state index in [-0.39, 0.29) is 18.4 Å². The molecule has 17 heavy (non-hydrogen) atoms. The molecule has 98 valence electrons. The third-order valence-corrected chi connectivity index (χ3v) is 3.49. The highest BCUT2D eigenvalue weighted by Crippen LogP contribution is 2.08. The molecule has 1 atom stereocenters. The number of likely N-dealkylation sites (tertiary alicyclic amines) is 1. The molecule has 5 nitrogen and oxygen atoms in total. The summed E-state index contributed by atoms with van der Waals surface area (Å²) in [5, 5.41) is 0. The number of ether oxygens (including phenoxy) is 2. The lowest BCUT2D eigenvalue weighted by Crippen LogP contribution is -3.17. The number of carbonyl (C=O) groups excluding carboxylic acids is 2. The number of quaternary nitrogens is 1. The second-order valence-electron chi connectivity index (χ2n) is 4.70. The van der Waals surface area contributed by atoms with Crippen LogP contribution in [0.4, 0.5) is 0 Å². The van der Waals surface area contributed by atoms with Crippen LogP contribution in [0.5, 0.6) is 0 Å². The second-order valence-corrected chi connectivity index (χ2v) is 4.70. The number of piperidine rings is 1. The van der Waals surface area contributed by atoms with Gasteiger partial charge >= 0.3 is 11.9 Å². The van der Waals surface area contributed by atoms with E-state index in [0.29, 0.717) is 5.92 Å². The fraction of sp³-hybridized carbons (Fsp3) is 0.833. The molecule has 1 N–H and O–H groups in total. The van der Waals surface area contributed by atoms with Crippen molar-refractivity contribution in [3.8, 4) is 0 Å². The van der Waals surface area contributed by atoms with Gasteiger partial charge in [-0.2, -0.15) is 0 Å². The lowest BCUT2D eigenvalue weighted by molar-refractivity contribution is -0.922. The molecule has 0 unspecified atom stereocenters. The molecule has 5 heteroatoms. The number of esters is 2. The molecular formula is C12H22NO4+. The predicted molar refractivity (Wildman–Crippen MR) is 61.5 cm³/mol. The smallest absolute Gasteiger partial charge is 0.365 e. The summed E-state index contributed by atoms with van der Waals surface area (Å²) in [5.41, 5.74) is 0. The Kier molecular flexibility index (Phi) is 5.41. The van der Waals surface area contributed by atoms with E-state index in [4.69, 9.17) is 4.74 Å². The molecule has 0 aromatic heterocycles. The van der Waals surface area contributed by atoms with E-state index in [9.17, 15) is 9.59 Å². The van der Waals surface area contributed by atoms with Crippen molar-refractivity contribution in [1.29, 1.82) is 0 Å². The van der Waals surface area contributed by atoms with Crippen LogP contribution in [0.2, 0.25) is 0 Å². The van der Waals surface area contributed by atoms with E-state index in [1.807, 2.05) is 0 Å². The summed E-state index contributed by atoms with van der Waals surface area (Å²) in [6.07, 6.45) is 2.28. The van der Waals surface area contributed by atoms with Gasteiger partial charge in [-0.3, -0.25) is 4.79 Å². The number of hydrogen-bond acceptors (Lipinski definition) is 4. The minimum Gasteiger partial charge on any atom is -0.469 e. The molecule has 1 aliphatic heterocycles. The first-order chi connectivity index (χ1) is 8.08. The molecule has 0 amide bonds. The van der Waals surface area contributed by atoms with Crippen LogP contribution in [-0.4, -0.2) is 45.3 Å². The standard InChI is InChI=1S/C12H21NO4/c1-9-4-6-13(7-5-9)10(12(15)17-3)8-11(14)16-2/h9-10H,4-8H2,1-3H3/p+1/t10-/m0/s1. The van der Waals surface area contributed by atoms with Gasteiger partial charge in [0.1, 0.15) is 6.42 Å². The van der Waals surface area contributed by atoms with Gasteiger partial charge in [-0.15, -0.1) is 0 Å². The fourth-order valence-electron chi connectivity index (χ4n) is 2.27. The summed E-state index contributed by atoms with van der Waals surface area (Å²) in [6, 6.07) is -0.417. The van der Waals surface area contributed by atoms with Crippen molar-refractivity contribution in [3.05, 3.63) is 0 Å². The minimum atomic E-state index is -0.417. The van der Waals surface area contributed by atoms with E-state index in [1.54, 1.807) is 0 Å². The lowest BCUT2D eigenvalue weighted by Gasteiger charge is -2.31. The first-order valence-electron chi connectivity index (χ1n) is 6.07. The number of nitrogens with one attached hydrogen (secondary N) is 1. The third-order valence-electron chi connectivity index (χ3n) is 3.49. The van der Waals surface area contributed by atoms with Crippen LogP contribution >= 0.6 is 0 Å². The number of rotatable bonds is 4. The lowest BCUT2D eigenvalue weighted by atomic mass is 9.97. The third kappa shape index (κ3) is 4.00. The molecule has 0 saturated carbocycles. The highest BCUT2D eigenvalue weighted by molar-refractivity contribution is 5.81. The Morgan fingerprint density at radius 2 is 1.82 bits per heavy atom. The van der Waals surface area contributed by atoms with Gasteiger partial charge in [-0.25, -0.2) is 4.79 Å². The van der Waals surface area contributed by atoms with Gasteiger partial charge < -0.3 is 14.4 Å². The molecular weight excluding hydrogens is 222 g/mol. The van der Waals surface area contributed by atoms with Gasteiger partial charge in [0.15, 0.2) is 6.04 Å². The Balaban J connectivity index is 2.62. The molecule has 0 radical (unpaired) electrons. The largest absolute Gasteiger partial charge is 0.469 e. The van der Waals surface area contributed by atoms with E-state index in [1.165, 1.54) is 14.2 Å². The zero-order valence-electron chi connectivity index (χ0n) is 10.8. The van der Waals surface area contributed by atoms with E-state index >= 15 is 0 Å². The van der Waals surface area contributed by atoms with Crippen LogP contribution in [0.3, 0.4) is 0 Å². The van der Waals surface area contributed by atoms with E-state index in [2.05, 4.69) is 11.7 Å². The maximum absolute atomic E-state index is 11.7. The van der Waals surface area contributed by atoms with Gasteiger partial charge in [0.25, 0.3) is 0 Å². The van der Waals surface area contributed by atoms with Crippen LogP contribution in [-0.2, 0) is 19.1 Å². The molecule has 0 spiro atoms. The molecule has 1 saturated heterocycles. The van der Waals surface area contributed by atoms with Crippen molar-refractivity contribution in [3.63, 3.8) is 0 Å². The van der Waals surface area contributed by atoms with Crippen molar-refractivity contribution in [2.24, 2.45) is 5.92 Å². The Labute approximate surface area is 102 Å². The molecule has 1 heterocycles. The van der Waals surface area contributed by atoms with Gasteiger partial charge in [0.05, 0.1) is 27.3 Å². The van der Waals surface area contributed by atoms with Crippen LogP contribution in [0, 0.1) is 5.92 Å². The van der Waals surface area contributed by atoms with Gasteiger partial charge in [0.2, 0.25) is 0 Å². The second kappa shape index (κ2) is 6.59. The highest BCUT2D eigenvalue weighted by atomic mass is 16.5. The normalized spacial score (nSPS) is 26.1. The Bertz CT molecular complexity index is 272. The van der Waals surface area contributed by atoms with Crippen molar-refractivity contribution in [1.82, 2.24) is 0 Å². The van der Waals surface area contributed by atoms with Gasteiger partial charge in [-0.1, -0.05) is 6.92 Å². The fourth-order valence-corrected chi connectivity index (χ4v) is 2.27. The zero-order valence-corrected chi connectivity index (χ0v) is 10.8. The van der Waals surface area contributed by atoms with Crippen LogP contribution in [0.15, 0.2) is 0 Å². The molecule has 1 rings (SSSR count). The Hall–Kier alpha value is -1.10. The summed E-state index contributed by atoms with van der Waals surface area (Å²) in [6.45, 7) is 4.04. The van der Waals surface area contributed by atoms with E-state index in [0.717, 1.165) is 30.8 Å². The quantitative estimate of drug-likeness (QED) is 0.671. The summed E-state index contributed by atoms with van der Waals surface area (Å²) in [4.78, 5) is 24.1. The maximum atomic E-state index is 11.7. The van der Waals surface area contributed by atoms with Crippen LogP contribution in [0.25, 0.3) is 0 Å². The minimum absolute atomic E-state index is 0.104. The monoisotopic (exact) mass is 244 g/mol. The number of methoxy groups -OCH3 is 2. The molecule has 0 aromatic rings. The average molecular weight is 244 g/mol. The van der Waals surface area contributed by atoms with E-state index < -0.39 is 6.04 Å². The summed E-state index contributed by atoms with van der Waals surface area (Å²) >= 11 is 0. The zero-order chi connectivity index (χ0) is 12.8. The molecule has 0 bridgehead atoms. The van der Waals surface area contributed by atoms with Crippen LogP contribution in [0.1, 0.15) is 26.2 Å². The topological polar surface area (TPSA) is 57.0 Å². The summed E-state index contributed by atoms with van der Waals surface area (Å²) < 4.78 is 9.40. The maximum Gasteiger partial charge on any atom is 0.365 e. The van der Waals surface area contributed by atoms with Crippen molar-refractivity contribution in [2.75, 3.05) is 27.3 Å². The molecule has 1 fully saturated rings. The first-order valence-corrected chi connectivity index (χ1v) is 6.07. The first kappa shape index (κ1) is 14.0. The van der Waals surface area contributed by atoms with Crippen LogP contribution < -0.4 is 4.90 Å². The predicted octanol–water partition coefficient (Wildman–Crippen LogP) is -0.594. The van der Waals surface area contributed by atoms with Gasteiger partial charge in [0, 0.05) is 0 Å². The highest BCUT2D eigenvalue weighted by Gasteiger charge is 2.35. The van der Waals surface area contributed by atoms with Crippen molar-refractivity contribution >= 4 is 11.9 Å². The number of carbonyl (C=O) groups is 2. The summed E-state index contributed by atoms with van der Waals surface area (Å²) in [7, 11) is 2.70. The SMILES string of the molecule is COC(=O)C[C@@H](C(=O)OC)[NH+]1CCC(C)CC1. The Morgan fingerprint density at radius 3 is 2.29 bits per heavy atom. The molecule has 0 aromatic carbocycles. The Morgan fingerprint density at radius 1 is 1.24 bits per heavy atom. The molecule has 1 aliphatic rings. The van der Waals surface area contributed by atoms with Crippen molar-refractivity contribution in [2.45, 2.75) is 32.2 Å².